The summed E-state index contributed by atoms with van der Waals surface area (Å²) in [6.07, 6.45) is 0. The summed E-state index contributed by atoms with van der Waals surface area (Å²) in [7, 11) is 0. The van der Waals surface area contributed by atoms with Gasteiger partial charge in [-0.2, -0.15) is 0 Å². The van der Waals surface area contributed by atoms with Crippen LogP contribution in [0.15, 0.2) is 54.6 Å². The Morgan fingerprint density at radius 2 is 1.64 bits per heavy atom. The van der Waals surface area contributed by atoms with Crippen LogP contribution in [0.5, 0.6) is 0 Å². The van der Waals surface area contributed by atoms with Crippen LogP contribution in [-0.4, -0.2) is 11.8 Å². The van der Waals surface area contributed by atoms with Crippen molar-refractivity contribution in [3.8, 4) is 0 Å². The summed E-state index contributed by atoms with van der Waals surface area (Å²) in [4.78, 5) is 23.7. The van der Waals surface area contributed by atoms with E-state index < -0.39 is 11.8 Å². The Hall–Kier alpha value is -2.33. The fourth-order valence-electron chi connectivity index (χ4n) is 1.98. The van der Waals surface area contributed by atoms with Crippen molar-refractivity contribution in [2.75, 3.05) is 0 Å². The number of hydrogen-bond acceptors (Lipinski definition) is 2. The van der Waals surface area contributed by atoms with Gasteiger partial charge >= 0.3 is 11.8 Å². The first kappa shape index (κ1) is 16.0. The third kappa shape index (κ3) is 4.33. The molecule has 0 heterocycles. The number of carbonyl (C=O) groups is 2. The number of amides is 2. The maximum Gasteiger partial charge on any atom is 0.309 e. The van der Waals surface area contributed by atoms with Gasteiger partial charge in [0.2, 0.25) is 0 Å². The first-order valence-corrected chi connectivity index (χ1v) is 7.33. The quantitative estimate of drug-likeness (QED) is 0.852. The monoisotopic (exact) mass is 316 g/mol. The van der Waals surface area contributed by atoms with Crippen molar-refractivity contribution in [2.24, 2.45) is 0 Å². The average Bonchev–Trinajstić information content (AvgIpc) is 2.54. The number of nitrogens with one attached hydrogen (secondary N) is 2. The van der Waals surface area contributed by atoms with Crippen molar-refractivity contribution in [3.05, 3.63) is 70.7 Å². The van der Waals surface area contributed by atoms with E-state index in [9.17, 15) is 9.59 Å². The maximum atomic E-state index is 11.9. The van der Waals surface area contributed by atoms with Gasteiger partial charge in [0.05, 0.1) is 6.04 Å². The van der Waals surface area contributed by atoms with E-state index in [1.54, 1.807) is 12.1 Å². The number of carbonyl (C=O) groups excluding carboxylic acids is 2. The lowest BCUT2D eigenvalue weighted by Crippen LogP contribution is -2.40. The number of rotatable bonds is 4. The summed E-state index contributed by atoms with van der Waals surface area (Å²) < 4.78 is 0. The molecule has 114 valence electrons. The SMILES string of the molecule is C[C@H](NC(=O)C(=O)NCc1ccccc1Cl)c1ccccc1. The van der Waals surface area contributed by atoms with E-state index in [4.69, 9.17) is 11.6 Å². The smallest absolute Gasteiger partial charge is 0.309 e. The summed E-state index contributed by atoms with van der Waals surface area (Å²) in [6, 6.07) is 16.4. The minimum atomic E-state index is -0.678. The molecule has 0 aliphatic rings. The van der Waals surface area contributed by atoms with Gasteiger partial charge in [-0.15, -0.1) is 0 Å². The van der Waals surface area contributed by atoms with Crippen molar-refractivity contribution in [1.82, 2.24) is 10.6 Å². The highest BCUT2D eigenvalue weighted by molar-refractivity contribution is 6.35. The van der Waals surface area contributed by atoms with E-state index in [1.165, 1.54) is 0 Å². The first-order chi connectivity index (χ1) is 10.6. The number of benzene rings is 2. The summed E-state index contributed by atoms with van der Waals surface area (Å²) in [6.45, 7) is 2.04. The normalized spacial score (nSPS) is 11.5. The zero-order chi connectivity index (χ0) is 15.9. The Balaban J connectivity index is 1.87. The lowest BCUT2D eigenvalue weighted by atomic mass is 10.1. The fraction of sp³-hybridized carbons (Fsp3) is 0.176. The van der Waals surface area contributed by atoms with Gasteiger partial charge in [0.15, 0.2) is 0 Å². The van der Waals surface area contributed by atoms with Crippen molar-refractivity contribution >= 4 is 23.4 Å². The molecular weight excluding hydrogens is 300 g/mol. The molecule has 1 atom stereocenters. The van der Waals surface area contributed by atoms with Crippen LogP contribution in [-0.2, 0) is 16.1 Å². The average molecular weight is 317 g/mol. The molecule has 2 rings (SSSR count). The van der Waals surface area contributed by atoms with Crippen LogP contribution < -0.4 is 10.6 Å². The Morgan fingerprint density at radius 3 is 2.32 bits per heavy atom. The molecule has 5 heteroatoms. The van der Waals surface area contributed by atoms with Gasteiger partial charge in [-0.05, 0) is 24.1 Å². The predicted octanol–water partition coefficient (Wildman–Crippen LogP) is 2.83. The molecule has 4 nitrogen and oxygen atoms in total. The van der Waals surface area contributed by atoms with Crippen molar-refractivity contribution in [1.29, 1.82) is 0 Å². The molecule has 0 saturated heterocycles. The van der Waals surface area contributed by atoms with Crippen LogP contribution in [0.2, 0.25) is 5.02 Å². The standard InChI is InChI=1S/C17H17ClN2O2/c1-12(13-7-3-2-4-8-13)20-17(22)16(21)19-11-14-9-5-6-10-15(14)18/h2-10,12H,11H2,1H3,(H,19,21)(H,20,22)/t12-/m0/s1. The van der Waals surface area contributed by atoms with Gasteiger partial charge < -0.3 is 10.6 Å². The predicted molar refractivity (Wildman–Crippen MR) is 86.3 cm³/mol. The second kappa shape index (κ2) is 7.61. The zero-order valence-corrected chi connectivity index (χ0v) is 12.9. The van der Waals surface area contributed by atoms with E-state index in [-0.39, 0.29) is 12.6 Å². The molecule has 2 N–H and O–H groups in total. The molecule has 0 aliphatic carbocycles. The largest absolute Gasteiger partial charge is 0.344 e. The molecule has 0 spiro atoms. The second-order valence-corrected chi connectivity index (χ2v) is 5.29. The third-order valence-electron chi connectivity index (χ3n) is 3.25. The molecule has 22 heavy (non-hydrogen) atoms. The highest BCUT2D eigenvalue weighted by atomic mass is 35.5. The van der Waals surface area contributed by atoms with Crippen LogP contribution >= 0.6 is 11.6 Å². The molecule has 2 aromatic rings. The van der Waals surface area contributed by atoms with E-state index in [0.29, 0.717) is 5.02 Å². The van der Waals surface area contributed by atoms with Gasteiger partial charge in [0, 0.05) is 11.6 Å². The van der Waals surface area contributed by atoms with Crippen LogP contribution in [0.4, 0.5) is 0 Å². The van der Waals surface area contributed by atoms with E-state index in [0.717, 1.165) is 11.1 Å². The Labute approximate surface area is 134 Å². The molecule has 0 aliphatic heterocycles. The van der Waals surface area contributed by atoms with E-state index in [1.807, 2.05) is 49.4 Å². The van der Waals surface area contributed by atoms with Crippen molar-refractivity contribution in [2.45, 2.75) is 19.5 Å². The minimum Gasteiger partial charge on any atom is -0.344 e. The first-order valence-electron chi connectivity index (χ1n) is 6.95. The fourth-order valence-corrected chi connectivity index (χ4v) is 2.19. The molecule has 2 amide bonds. The lowest BCUT2D eigenvalue weighted by molar-refractivity contribution is -0.139. The van der Waals surface area contributed by atoms with Gasteiger partial charge in [0.25, 0.3) is 0 Å². The Bertz CT molecular complexity index is 659. The second-order valence-electron chi connectivity index (χ2n) is 4.88. The van der Waals surface area contributed by atoms with Gasteiger partial charge in [-0.25, -0.2) is 0 Å². The van der Waals surface area contributed by atoms with Gasteiger partial charge in [0.1, 0.15) is 0 Å². The van der Waals surface area contributed by atoms with Crippen LogP contribution in [0.3, 0.4) is 0 Å². The zero-order valence-electron chi connectivity index (χ0n) is 12.2. The van der Waals surface area contributed by atoms with Crippen LogP contribution in [0.1, 0.15) is 24.1 Å². The Kier molecular flexibility index (Phi) is 5.55. The van der Waals surface area contributed by atoms with Gasteiger partial charge in [-0.3, -0.25) is 9.59 Å². The van der Waals surface area contributed by atoms with Gasteiger partial charge in [-0.1, -0.05) is 60.1 Å². The van der Waals surface area contributed by atoms with E-state index >= 15 is 0 Å². The highest BCUT2D eigenvalue weighted by Gasteiger charge is 2.16. The molecule has 0 radical (unpaired) electrons. The summed E-state index contributed by atoms with van der Waals surface area (Å²) in [5, 5.41) is 5.78. The topological polar surface area (TPSA) is 58.2 Å². The maximum absolute atomic E-state index is 11.9. The lowest BCUT2D eigenvalue weighted by Gasteiger charge is -2.14. The summed E-state index contributed by atoms with van der Waals surface area (Å²) >= 11 is 6.00. The molecule has 0 bridgehead atoms. The summed E-state index contributed by atoms with van der Waals surface area (Å²) in [5.41, 5.74) is 1.70. The molecule has 2 aromatic carbocycles. The third-order valence-corrected chi connectivity index (χ3v) is 3.62. The van der Waals surface area contributed by atoms with Crippen LogP contribution in [0, 0.1) is 0 Å². The minimum absolute atomic E-state index is 0.214. The Morgan fingerprint density at radius 1 is 1.00 bits per heavy atom. The molecule has 0 aromatic heterocycles. The molecule has 0 fully saturated rings. The molecule has 0 unspecified atom stereocenters. The highest BCUT2D eigenvalue weighted by Crippen LogP contribution is 2.14. The molecule has 0 saturated carbocycles. The van der Waals surface area contributed by atoms with Crippen LogP contribution in [0.25, 0.3) is 0 Å². The van der Waals surface area contributed by atoms with E-state index in [2.05, 4.69) is 10.6 Å². The number of hydrogen-bond donors (Lipinski definition) is 2. The molecular formula is C17H17ClN2O2. The number of halogens is 1. The van der Waals surface area contributed by atoms with Crippen molar-refractivity contribution < 1.29 is 9.59 Å². The van der Waals surface area contributed by atoms with Crippen molar-refractivity contribution in [3.63, 3.8) is 0 Å². The summed E-state index contributed by atoms with van der Waals surface area (Å²) in [5.74, 6) is -1.34.